The first-order valence-corrected chi connectivity index (χ1v) is 12.7. The predicted octanol–water partition coefficient (Wildman–Crippen LogP) is 2.79. The van der Waals surface area contributed by atoms with Crippen molar-refractivity contribution in [1.29, 1.82) is 0 Å². The Balaban J connectivity index is 2.12. The summed E-state index contributed by atoms with van der Waals surface area (Å²) in [5.74, 6) is 0.192. The Morgan fingerprint density at radius 2 is 1.70 bits per heavy atom. The second-order valence-corrected chi connectivity index (χ2v) is 9.62. The topological polar surface area (TPSA) is 96.0 Å². The zero-order valence-electron chi connectivity index (χ0n) is 19.7. The van der Waals surface area contributed by atoms with Gasteiger partial charge in [-0.2, -0.15) is 0 Å². The minimum atomic E-state index is -3.54. The molecule has 0 saturated carbocycles. The highest BCUT2D eigenvalue weighted by Crippen LogP contribution is 2.22. The molecule has 1 N–H and O–H groups in total. The highest BCUT2D eigenvalue weighted by atomic mass is 32.2. The summed E-state index contributed by atoms with van der Waals surface area (Å²) >= 11 is 0. The number of nitrogens with one attached hydrogen (secondary N) is 1. The summed E-state index contributed by atoms with van der Waals surface area (Å²) in [7, 11) is -2.00. The summed E-state index contributed by atoms with van der Waals surface area (Å²) in [6.45, 7) is 4.44. The van der Waals surface area contributed by atoms with Crippen LogP contribution in [0.25, 0.3) is 0 Å². The third-order valence-corrected chi connectivity index (χ3v) is 6.42. The summed E-state index contributed by atoms with van der Waals surface area (Å²) < 4.78 is 31.1. The molecule has 0 saturated heterocycles. The Labute approximate surface area is 196 Å². The maximum atomic E-state index is 13.1. The van der Waals surface area contributed by atoms with Gasteiger partial charge < -0.3 is 15.0 Å². The number of benzene rings is 2. The Bertz CT molecular complexity index is 1010. The predicted molar refractivity (Wildman–Crippen MR) is 130 cm³/mol. The summed E-state index contributed by atoms with van der Waals surface area (Å²) in [4.78, 5) is 27.1. The fraction of sp³-hybridized carbons (Fsp3) is 0.417. The van der Waals surface area contributed by atoms with E-state index in [9.17, 15) is 18.0 Å². The van der Waals surface area contributed by atoms with E-state index in [2.05, 4.69) is 5.32 Å². The molecule has 8 nitrogen and oxygen atoms in total. The first kappa shape index (κ1) is 26.2. The standard InChI is InChI=1S/C24H33N3O5S/c1-5-25-24(29)19(2)26(18-20-10-7-6-8-11-20)23(28)12-9-17-27(33(4,30)31)21-13-15-22(32-3)16-14-21/h6-8,10-11,13-16,19H,5,9,12,17-18H2,1-4H3,(H,25,29)/t19-/m0/s1. The minimum Gasteiger partial charge on any atom is -0.497 e. The molecule has 0 bridgehead atoms. The molecule has 9 heteroatoms. The summed E-state index contributed by atoms with van der Waals surface area (Å²) in [5, 5.41) is 2.76. The van der Waals surface area contributed by atoms with Crippen LogP contribution in [-0.4, -0.2) is 57.6 Å². The number of rotatable bonds is 12. The van der Waals surface area contributed by atoms with Gasteiger partial charge in [0.05, 0.1) is 19.1 Å². The van der Waals surface area contributed by atoms with E-state index >= 15 is 0 Å². The Morgan fingerprint density at radius 1 is 1.06 bits per heavy atom. The van der Waals surface area contributed by atoms with E-state index in [0.717, 1.165) is 11.8 Å². The Morgan fingerprint density at radius 3 is 2.24 bits per heavy atom. The van der Waals surface area contributed by atoms with Crippen LogP contribution in [-0.2, 0) is 26.2 Å². The smallest absolute Gasteiger partial charge is 0.242 e. The lowest BCUT2D eigenvalue weighted by Crippen LogP contribution is -2.47. The van der Waals surface area contributed by atoms with Gasteiger partial charge in [0, 0.05) is 26.1 Å². The minimum absolute atomic E-state index is 0.110. The second kappa shape index (κ2) is 12.2. The van der Waals surface area contributed by atoms with Crippen molar-refractivity contribution in [3.8, 4) is 5.75 Å². The number of sulfonamides is 1. The summed E-state index contributed by atoms with van der Waals surface area (Å²) in [6.07, 6.45) is 1.56. The van der Waals surface area contributed by atoms with Gasteiger partial charge in [-0.15, -0.1) is 0 Å². The monoisotopic (exact) mass is 475 g/mol. The van der Waals surface area contributed by atoms with E-state index in [0.29, 0.717) is 30.9 Å². The number of likely N-dealkylation sites (N-methyl/N-ethyl adjacent to an activating group) is 1. The van der Waals surface area contributed by atoms with Gasteiger partial charge in [0.1, 0.15) is 11.8 Å². The maximum Gasteiger partial charge on any atom is 0.242 e. The molecule has 0 aliphatic carbocycles. The van der Waals surface area contributed by atoms with Crippen molar-refractivity contribution in [2.24, 2.45) is 0 Å². The summed E-state index contributed by atoms with van der Waals surface area (Å²) in [5.41, 5.74) is 1.42. The highest BCUT2D eigenvalue weighted by molar-refractivity contribution is 7.92. The third-order valence-electron chi connectivity index (χ3n) is 5.23. The number of methoxy groups -OCH3 is 1. The van der Waals surface area contributed by atoms with Crippen molar-refractivity contribution in [1.82, 2.24) is 10.2 Å². The number of nitrogens with zero attached hydrogens (tertiary/aromatic N) is 2. The molecule has 0 fully saturated rings. The number of anilines is 1. The van der Waals surface area contributed by atoms with Gasteiger partial charge in [0.2, 0.25) is 21.8 Å². The molecule has 0 spiro atoms. The first-order valence-electron chi connectivity index (χ1n) is 10.9. The van der Waals surface area contributed by atoms with Gasteiger partial charge >= 0.3 is 0 Å². The second-order valence-electron chi connectivity index (χ2n) is 7.71. The molecule has 0 radical (unpaired) electrons. The third kappa shape index (κ3) is 7.78. The van der Waals surface area contributed by atoms with Crippen LogP contribution in [0.5, 0.6) is 5.75 Å². The molecule has 2 rings (SSSR count). The molecule has 2 amide bonds. The largest absolute Gasteiger partial charge is 0.497 e. The molecule has 0 aromatic heterocycles. The number of hydrogen-bond acceptors (Lipinski definition) is 5. The van der Waals surface area contributed by atoms with E-state index in [4.69, 9.17) is 4.74 Å². The van der Waals surface area contributed by atoms with E-state index < -0.39 is 16.1 Å². The summed E-state index contributed by atoms with van der Waals surface area (Å²) in [6, 6.07) is 15.5. The van der Waals surface area contributed by atoms with Gasteiger partial charge in [-0.1, -0.05) is 30.3 Å². The van der Waals surface area contributed by atoms with E-state index in [1.54, 1.807) is 36.1 Å². The lowest BCUT2D eigenvalue weighted by molar-refractivity contribution is -0.140. The van der Waals surface area contributed by atoms with Crippen LogP contribution in [0.2, 0.25) is 0 Å². The van der Waals surface area contributed by atoms with Gasteiger partial charge in [-0.3, -0.25) is 13.9 Å². The van der Waals surface area contributed by atoms with Gasteiger partial charge in [0.25, 0.3) is 0 Å². The molecule has 2 aromatic carbocycles. The van der Waals surface area contributed by atoms with Crippen LogP contribution in [0.4, 0.5) is 5.69 Å². The highest BCUT2D eigenvalue weighted by Gasteiger charge is 2.26. The molecular weight excluding hydrogens is 442 g/mol. The van der Waals surface area contributed by atoms with Crippen LogP contribution in [0, 0.1) is 0 Å². The number of ether oxygens (including phenoxy) is 1. The van der Waals surface area contributed by atoms with Crippen molar-refractivity contribution in [3.63, 3.8) is 0 Å². The average Bonchev–Trinajstić information content (AvgIpc) is 2.80. The number of amides is 2. The molecule has 0 heterocycles. The fourth-order valence-corrected chi connectivity index (χ4v) is 4.40. The van der Waals surface area contributed by atoms with Gasteiger partial charge in [-0.05, 0) is 50.1 Å². The molecule has 180 valence electrons. The molecular formula is C24H33N3O5S. The zero-order chi connectivity index (χ0) is 24.4. The van der Waals surface area contributed by atoms with Crippen LogP contribution in [0.1, 0.15) is 32.3 Å². The van der Waals surface area contributed by atoms with Gasteiger partial charge in [0.15, 0.2) is 0 Å². The van der Waals surface area contributed by atoms with E-state index in [1.807, 2.05) is 37.3 Å². The quantitative estimate of drug-likeness (QED) is 0.509. The van der Waals surface area contributed by atoms with Crippen LogP contribution in [0.15, 0.2) is 54.6 Å². The molecule has 1 atom stereocenters. The number of carbonyl (C=O) groups is 2. The fourth-order valence-electron chi connectivity index (χ4n) is 3.44. The van der Waals surface area contributed by atoms with Crippen molar-refractivity contribution in [3.05, 3.63) is 60.2 Å². The van der Waals surface area contributed by atoms with Crippen molar-refractivity contribution in [2.75, 3.05) is 30.8 Å². The lowest BCUT2D eigenvalue weighted by atomic mass is 10.1. The Kier molecular flexibility index (Phi) is 9.72. The van der Waals surface area contributed by atoms with Gasteiger partial charge in [-0.25, -0.2) is 8.42 Å². The average molecular weight is 476 g/mol. The molecule has 0 aliphatic rings. The molecule has 33 heavy (non-hydrogen) atoms. The Hall–Kier alpha value is -3.07. The van der Waals surface area contributed by atoms with Crippen molar-refractivity contribution >= 4 is 27.5 Å². The van der Waals surface area contributed by atoms with Crippen LogP contribution in [0.3, 0.4) is 0 Å². The molecule has 2 aromatic rings. The normalized spacial score (nSPS) is 12.0. The SMILES string of the molecule is CCNC(=O)[C@H](C)N(Cc1ccccc1)C(=O)CCCN(c1ccc(OC)cc1)S(C)(=O)=O. The van der Waals surface area contributed by atoms with Crippen molar-refractivity contribution < 1.29 is 22.7 Å². The number of hydrogen-bond donors (Lipinski definition) is 1. The zero-order valence-corrected chi connectivity index (χ0v) is 20.5. The van der Waals surface area contributed by atoms with Crippen LogP contribution < -0.4 is 14.4 Å². The van der Waals surface area contributed by atoms with E-state index in [1.165, 1.54) is 11.4 Å². The van der Waals surface area contributed by atoms with Crippen molar-refractivity contribution in [2.45, 2.75) is 39.3 Å². The van der Waals surface area contributed by atoms with Crippen LogP contribution >= 0.6 is 0 Å². The molecule has 0 aliphatic heterocycles. The first-order chi connectivity index (χ1) is 15.7. The lowest BCUT2D eigenvalue weighted by Gasteiger charge is -2.29. The molecule has 0 unspecified atom stereocenters. The number of carbonyl (C=O) groups excluding carboxylic acids is 2. The maximum absolute atomic E-state index is 13.1. The van der Waals surface area contributed by atoms with E-state index in [-0.39, 0.29) is 24.8 Å².